The molecule has 4 nitrogen and oxygen atoms in total. The van der Waals surface area contributed by atoms with Crippen LogP contribution >= 0.6 is 0 Å². The third-order valence-electron chi connectivity index (χ3n) is 3.30. The van der Waals surface area contributed by atoms with E-state index >= 15 is 0 Å². The van der Waals surface area contributed by atoms with E-state index in [0.717, 1.165) is 29.9 Å². The van der Waals surface area contributed by atoms with Crippen LogP contribution in [-0.2, 0) is 17.6 Å². The lowest BCUT2D eigenvalue weighted by Gasteiger charge is -2.06. The molecule has 0 saturated carbocycles. The van der Waals surface area contributed by atoms with E-state index in [-0.39, 0.29) is 5.91 Å². The molecule has 3 rings (SSSR count). The minimum absolute atomic E-state index is 0.0554. The number of nitrogens with one attached hydrogen (secondary N) is 1. The number of amides is 1. The third-order valence-corrected chi connectivity index (χ3v) is 3.30. The highest BCUT2D eigenvalue weighted by atomic mass is 16.5. The number of carbonyl (C=O) groups excluding carboxylic acids is 1. The van der Waals surface area contributed by atoms with Crippen molar-refractivity contribution in [2.75, 3.05) is 11.9 Å². The van der Waals surface area contributed by atoms with Gasteiger partial charge in [-0.05, 0) is 35.7 Å². The molecule has 1 aliphatic rings. The average molecular weight is 268 g/mol. The Labute approximate surface area is 117 Å². The fraction of sp³-hybridized carbons (Fsp3) is 0.250. The molecule has 20 heavy (non-hydrogen) atoms. The van der Waals surface area contributed by atoms with Crippen molar-refractivity contribution < 1.29 is 9.53 Å². The van der Waals surface area contributed by atoms with Crippen LogP contribution in [-0.4, -0.2) is 17.5 Å². The van der Waals surface area contributed by atoms with Gasteiger partial charge in [-0.2, -0.15) is 0 Å². The zero-order valence-electron chi connectivity index (χ0n) is 11.3. The number of ether oxygens (including phenoxy) is 1. The highest BCUT2D eigenvalue weighted by molar-refractivity contribution is 5.91. The van der Waals surface area contributed by atoms with E-state index in [1.807, 2.05) is 37.3 Å². The Morgan fingerprint density at radius 2 is 2.25 bits per heavy atom. The molecule has 1 aliphatic heterocycles. The predicted molar refractivity (Wildman–Crippen MR) is 76.9 cm³/mol. The zero-order chi connectivity index (χ0) is 13.9. The minimum Gasteiger partial charge on any atom is -0.493 e. The smallest absolute Gasteiger partial charge is 0.229 e. The van der Waals surface area contributed by atoms with Crippen molar-refractivity contribution in [3.8, 4) is 5.75 Å². The summed E-state index contributed by atoms with van der Waals surface area (Å²) in [7, 11) is 0. The molecule has 2 heterocycles. The number of anilines is 1. The maximum absolute atomic E-state index is 12.0. The number of hydrogen-bond acceptors (Lipinski definition) is 3. The van der Waals surface area contributed by atoms with Crippen LogP contribution in [0.15, 0.2) is 36.5 Å². The second-order valence-corrected chi connectivity index (χ2v) is 4.99. The normalized spacial score (nSPS) is 12.7. The second kappa shape index (κ2) is 5.33. The summed E-state index contributed by atoms with van der Waals surface area (Å²) in [6.45, 7) is 2.70. The number of aryl methyl sites for hydroxylation is 1. The molecule has 0 aliphatic carbocycles. The van der Waals surface area contributed by atoms with Crippen LogP contribution in [0, 0.1) is 6.92 Å². The molecule has 0 atom stereocenters. The first-order valence-electron chi connectivity index (χ1n) is 6.68. The van der Waals surface area contributed by atoms with Gasteiger partial charge in [0.1, 0.15) is 11.6 Å². The van der Waals surface area contributed by atoms with Gasteiger partial charge in [0.05, 0.1) is 13.0 Å². The maximum Gasteiger partial charge on any atom is 0.229 e. The van der Waals surface area contributed by atoms with Gasteiger partial charge in [0.2, 0.25) is 5.91 Å². The Bertz CT molecular complexity index is 635. The first kappa shape index (κ1) is 12.7. The monoisotopic (exact) mass is 268 g/mol. The molecule has 1 N–H and O–H groups in total. The van der Waals surface area contributed by atoms with E-state index in [0.29, 0.717) is 12.2 Å². The Balaban J connectivity index is 1.65. The summed E-state index contributed by atoms with van der Waals surface area (Å²) < 4.78 is 5.45. The Kier molecular flexibility index (Phi) is 3.37. The third kappa shape index (κ3) is 2.79. The summed E-state index contributed by atoms with van der Waals surface area (Å²) in [4.78, 5) is 16.2. The van der Waals surface area contributed by atoms with Crippen molar-refractivity contribution in [3.05, 3.63) is 53.2 Å². The summed E-state index contributed by atoms with van der Waals surface area (Å²) >= 11 is 0. The van der Waals surface area contributed by atoms with Gasteiger partial charge in [0.25, 0.3) is 0 Å². The molecule has 0 spiro atoms. The van der Waals surface area contributed by atoms with E-state index in [4.69, 9.17) is 4.74 Å². The summed E-state index contributed by atoms with van der Waals surface area (Å²) in [6, 6.07) is 9.66. The number of fused-ring (bicyclic) bond motifs is 1. The van der Waals surface area contributed by atoms with Gasteiger partial charge in [-0.25, -0.2) is 4.98 Å². The lowest BCUT2D eigenvalue weighted by molar-refractivity contribution is -0.115. The topological polar surface area (TPSA) is 51.2 Å². The molecule has 0 fully saturated rings. The second-order valence-electron chi connectivity index (χ2n) is 4.99. The Morgan fingerprint density at radius 1 is 1.35 bits per heavy atom. The van der Waals surface area contributed by atoms with Gasteiger partial charge in [-0.1, -0.05) is 18.2 Å². The molecule has 1 amide bonds. The summed E-state index contributed by atoms with van der Waals surface area (Å²) in [5, 5.41) is 2.80. The van der Waals surface area contributed by atoms with Crippen molar-refractivity contribution >= 4 is 11.7 Å². The van der Waals surface area contributed by atoms with Crippen LogP contribution in [0.4, 0.5) is 5.82 Å². The average Bonchev–Trinajstić information content (AvgIpc) is 2.89. The zero-order valence-corrected chi connectivity index (χ0v) is 11.3. The fourth-order valence-corrected chi connectivity index (χ4v) is 2.26. The number of benzene rings is 1. The van der Waals surface area contributed by atoms with E-state index in [2.05, 4.69) is 10.3 Å². The van der Waals surface area contributed by atoms with Crippen molar-refractivity contribution in [1.82, 2.24) is 4.98 Å². The largest absolute Gasteiger partial charge is 0.493 e. The number of hydrogen-bond donors (Lipinski definition) is 1. The first-order chi connectivity index (χ1) is 9.70. The van der Waals surface area contributed by atoms with Crippen molar-refractivity contribution in [3.63, 3.8) is 0 Å². The number of aromatic nitrogens is 1. The summed E-state index contributed by atoms with van der Waals surface area (Å²) in [6.07, 6.45) is 3.01. The molecule has 0 bridgehead atoms. The van der Waals surface area contributed by atoms with Crippen molar-refractivity contribution in [2.45, 2.75) is 19.8 Å². The molecule has 1 aromatic carbocycles. The molecule has 0 unspecified atom stereocenters. The molecular weight excluding hydrogens is 252 g/mol. The predicted octanol–water partition coefficient (Wildman–Crippen LogP) is 2.51. The number of rotatable bonds is 3. The number of pyridine rings is 1. The van der Waals surface area contributed by atoms with Gasteiger partial charge < -0.3 is 10.1 Å². The van der Waals surface area contributed by atoms with Crippen LogP contribution in [0.2, 0.25) is 0 Å². The number of carbonyl (C=O) groups is 1. The summed E-state index contributed by atoms with van der Waals surface area (Å²) in [5.41, 5.74) is 3.25. The van der Waals surface area contributed by atoms with Crippen LogP contribution in [0.3, 0.4) is 0 Å². The molecule has 0 saturated heterocycles. The lowest BCUT2D eigenvalue weighted by atomic mass is 10.1. The van der Waals surface area contributed by atoms with E-state index in [9.17, 15) is 4.79 Å². The Morgan fingerprint density at radius 3 is 3.05 bits per heavy atom. The highest BCUT2D eigenvalue weighted by Crippen LogP contribution is 2.26. The van der Waals surface area contributed by atoms with Crippen LogP contribution in [0.5, 0.6) is 5.75 Å². The minimum atomic E-state index is -0.0554. The van der Waals surface area contributed by atoms with Crippen LogP contribution in [0.1, 0.15) is 16.7 Å². The lowest BCUT2D eigenvalue weighted by Crippen LogP contribution is -2.15. The molecular formula is C16H16N2O2. The summed E-state index contributed by atoms with van der Waals surface area (Å²) in [5.74, 6) is 1.47. The van der Waals surface area contributed by atoms with E-state index < -0.39 is 0 Å². The standard InChI is InChI=1S/C16H16N2O2/c1-11-2-5-15(17-10-11)18-16(19)9-12-3-4-14-13(8-12)6-7-20-14/h2-5,8,10H,6-7,9H2,1H3,(H,17,18,19). The fourth-order valence-electron chi connectivity index (χ4n) is 2.26. The Hall–Kier alpha value is -2.36. The number of nitrogens with zero attached hydrogens (tertiary/aromatic N) is 1. The van der Waals surface area contributed by atoms with E-state index in [1.54, 1.807) is 6.20 Å². The van der Waals surface area contributed by atoms with Crippen LogP contribution in [0.25, 0.3) is 0 Å². The van der Waals surface area contributed by atoms with E-state index in [1.165, 1.54) is 5.56 Å². The van der Waals surface area contributed by atoms with Crippen molar-refractivity contribution in [2.24, 2.45) is 0 Å². The molecule has 1 aromatic heterocycles. The first-order valence-corrected chi connectivity index (χ1v) is 6.68. The maximum atomic E-state index is 12.0. The molecule has 4 heteroatoms. The highest BCUT2D eigenvalue weighted by Gasteiger charge is 2.13. The quantitative estimate of drug-likeness (QED) is 0.930. The van der Waals surface area contributed by atoms with Crippen molar-refractivity contribution in [1.29, 1.82) is 0 Å². The molecule has 2 aromatic rings. The van der Waals surface area contributed by atoms with Gasteiger partial charge in [-0.3, -0.25) is 4.79 Å². The van der Waals surface area contributed by atoms with Gasteiger partial charge in [-0.15, -0.1) is 0 Å². The SMILES string of the molecule is Cc1ccc(NC(=O)Cc2ccc3c(c2)CCO3)nc1. The van der Waals surface area contributed by atoms with Gasteiger partial charge >= 0.3 is 0 Å². The van der Waals surface area contributed by atoms with Gasteiger partial charge in [0.15, 0.2) is 0 Å². The molecule has 102 valence electrons. The molecule has 0 radical (unpaired) electrons. The van der Waals surface area contributed by atoms with Crippen LogP contribution < -0.4 is 10.1 Å². The van der Waals surface area contributed by atoms with Gasteiger partial charge in [0, 0.05) is 12.6 Å².